The van der Waals surface area contributed by atoms with Gasteiger partial charge in [-0.2, -0.15) is 0 Å². The quantitative estimate of drug-likeness (QED) is 0.768. The Balaban J connectivity index is 1.90. The van der Waals surface area contributed by atoms with Crippen LogP contribution in [0.15, 0.2) is 48.5 Å². The van der Waals surface area contributed by atoms with Gasteiger partial charge in [0.2, 0.25) is 0 Å². The van der Waals surface area contributed by atoms with Crippen LogP contribution in [-0.2, 0) is 11.3 Å². The fraction of sp³-hybridized carbons (Fsp3) is 0.125. The Bertz CT molecular complexity index is 773. The van der Waals surface area contributed by atoms with Crippen LogP contribution in [0.2, 0.25) is 0 Å². The molecular formula is C16H16N4O. The van der Waals surface area contributed by atoms with Crippen LogP contribution in [0, 0.1) is 0 Å². The summed E-state index contributed by atoms with van der Waals surface area (Å²) < 4.78 is 5.04. The molecule has 0 spiro atoms. The maximum absolute atomic E-state index is 5.79. The minimum Gasteiger partial charge on any atom is -0.384 e. The molecule has 0 saturated carbocycles. The van der Waals surface area contributed by atoms with Gasteiger partial charge in [0.15, 0.2) is 5.82 Å². The molecule has 0 unspecified atom stereocenters. The normalized spacial score (nSPS) is 10.7. The van der Waals surface area contributed by atoms with Crippen molar-refractivity contribution in [3.63, 3.8) is 0 Å². The van der Waals surface area contributed by atoms with Gasteiger partial charge in [-0.15, -0.1) is 0 Å². The lowest BCUT2D eigenvalue weighted by Crippen LogP contribution is -2.04. The van der Waals surface area contributed by atoms with Crippen LogP contribution >= 0.6 is 0 Å². The molecule has 0 aliphatic heterocycles. The number of hydrogen-bond donors (Lipinski definition) is 2. The molecule has 3 N–H and O–H groups in total. The molecule has 1 heterocycles. The zero-order chi connectivity index (χ0) is 14.7. The van der Waals surface area contributed by atoms with Crippen LogP contribution in [0.25, 0.3) is 10.8 Å². The molecule has 0 bridgehead atoms. The van der Waals surface area contributed by atoms with Crippen LogP contribution < -0.4 is 11.1 Å². The van der Waals surface area contributed by atoms with Crippen molar-refractivity contribution in [3.05, 3.63) is 54.4 Å². The number of nitrogen functional groups attached to an aromatic ring is 1. The van der Waals surface area contributed by atoms with Crippen molar-refractivity contribution in [3.8, 4) is 0 Å². The number of nitrogens with zero attached hydrogens (tertiary/aromatic N) is 2. The lowest BCUT2D eigenvalue weighted by Gasteiger charge is -2.09. The van der Waals surface area contributed by atoms with Gasteiger partial charge in [0.1, 0.15) is 18.2 Å². The number of hydrogen-bond acceptors (Lipinski definition) is 5. The first-order chi connectivity index (χ1) is 10.2. The summed E-state index contributed by atoms with van der Waals surface area (Å²) in [6.45, 7) is 0.331. The maximum Gasteiger partial charge on any atom is 0.158 e. The number of nitrogens with one attached hydrogen (secondary N) is 1. The second-order valence-electron chi connectivity index (χ2n) is 4.71. The monoisotopic (exact) mass is 280 g/mol. The van der Waals surface area contributed by atoms with Gasteiger partial charge in [-0.3, -0.25) is 0 Å². The zero-order valence-corrected chi connectivity index (χ0v) is 11.7. The molecule has 1 aromatic heterocycles. The largest absolute Gasteiger partial charge is 0.384 e. The number of methoxy groups -OCH3 is 1. The maximum atomic E-state index is 5.79. The number of rotatable bonds is 4. The molecule has 0 radical (unpaired) electrons. The van der Waals surface area contributed by atoms with E-state index in [1.54, 1.807) is 13.2 Å². The Morgan fingerprint density at radius 2 is 1.86 bits per heavy atom. The van der Waals surface area contributed by atoms with Gasteiger partial charge in [0.25, 0.3) is 0 Å². The number of ether oxygens (including phenoxy) is 1. The Morgan fingerprint density at radius 1 is 1.05 bits per heavy atom. The highest BCUT2D eigenvalue weighted by atomic mass is 16.5. The van der Waals surface area contributed by atoms with E-state index < -0.39 is 0 Å². The summed E-state index contributed by atoms with van der Waals surface area (Å²) in [5.41, 5.74) is 6.74. The summed E-state index contributed by atoms with van der Waals surface area (Å²) >= 11 is 0. The third kappa shape index (κ3) is 3.09. The molecule has 0 atom stereocenters. The summed E-state index contributed by atoms with van der Waals surface area (Å²) in [6.07, 6.45) is 0. The molecular weight excluding hydrogens is 264 g/mol. The van der Waals surface area contributed by atoms with Gasteiger partial charge in [-0.25, -0.2) is 9.97 Å². The second kappa shape index (κ2) is 5.76. The van der Waals surface area contributed by atoms with E-state index in [9.17, 15) is 0 Å². The number of fused-ring (bicyclic) bond motifs is 1. The van der Waals surface area contributed by atoms with E-state index in [-0.39, 0.29) is 0 Å². The Morgan fingerprint density at radius 3 is 2.67 bits per heavy atom. The van der Waals surface area contributed by atoms with Crippen molar-refractivity contribution in [2.75, 3.05) is 18.2 Å². The third-order valence-corrected chi connectivity index (χ3v) is 3.09. The molecule has 5 heteroatoms. The molecule has 0 amide bonds. The first-order valence-electron chi connectivity index (χ1n) is 6.63. The molecule has 3 rings (SSSR count). The molecule has 0 aliphatic rings. The lowest BCUT2D eigenvalue weighted by atomic mass is 10.1. The fourth-order valence-corrected chi connectivity index (χ4v) is 2.19. The van der Waals surface area contributed by atoms with Crippen molar-refractivity contribution < 1.29 is 4.74 Å². The van der Waals surface area contributed by atoms with Crippen molar-refractivity contribution in [2.45, 2.75) is 6.61 Å². The van der Waals surface area contributed by atoms with Crippen molar-refractivity contribution in [1.29, 1.82) is 0 Å². The van der Waals surface area contributed by atoms with Crippen LogP contribution in [0.1, 0.15) is 5.82 Å². The summed E-state index contributed by atoms with van der Waals surface area (Å²) in [4.78, 5) is 8.49. The first-order valence-corrected chi connectivity index (χ1v) is 6.63. The van der Waals surface area contributed by atoms with Crippen molar-refractivity contribution in [1.82, 2.24) is 9.97 Å². The summed E-state index contributed by atoms with van der Waals surface area (Å²) in [7, 11) is 1.60. The second-order valence-corrected chi connectivity index (χ2v) is 4.71. The van der Waals surface area contributed by atoms with Crippen LogP contribution in [0.4, 0.5) is 17.3 Å². The van der Waals surface area contributed by atoms with Crippen molar-refractivity contribution >= 4 is 28.1 Å². The van der Waals surface area contributed by atoms with E-state index in [4.69, 9.17) is 10.5 Å². The average molecular weight is 280 g/mol. The Kier molecular flexibility index (Phi) is 3.66. The SMILES string of the molecule is COCc1nc(N)cc(Nc2ccc3ccccc3c2)n1. The number of aromatic nitrogens is 2. The Labute approximate surface area is 122 Å². The van der Waals surface area contributed by atoms with E-state index in [2.05, 4.69) is 39.6 Å². The van der Waals surface area contributed by atoms with Gasteiger partial charge >= 0.3 is 0 Å². The highest BCUT2D eigenvalue weighted by Gasteiger charge is 2.03. The van der Waals surface area contributed by atoms with E-state index in [0.717, 1.165) is 5.69 Å². The van der Waals surface area contributed by atoms with Gasteiger partial charge in [0.05, 0.1) is 0 Å². The van der Waals surface area contributed by atoms with Gasteiger partial charge in [-0.1, -0.05) is 30.3 Å². The molecule has 3 aromatic rings. The first kappa shape index (κ1) is 13.3. The number of anilines is 3. The topological polar surface area (TPSA) is 73.1 Å². The Hall–Kier alpha value is -2.66. The minimum atomic E-state index is 0.331. The van der Waals surface area contributed by atoms with Gasteiger partial charge in [-0.05, 0) is 22.9 Å². The van der Waals surface area contributed by atoms with E-state index in [0.29, 0.717) is 24.1 Å². The van der Waals surface area contributed by atoms with Crippen molar-refractivity contribution in [2.24, 2.45) is 0 Å². The van der Waals surface area contributed by atoms with Gasteiger partial charge in [0, 0.05) is 18.9 Å². The number of nitrogens with two attached hydrogens (primary N) is 1. The molecule has 2 aromatic carbocycles. The summed E-state index contributed by atoms with van der Waals surface area (Å²) in [5.74, 6) is 1.63. The highest BCUT2D eigenvalue weighted by Crippen LogP contribution is 2.22. The molecule has 0 aliphatic carbocycles. The average Bonchev–Trinajstić information content (AvgIpc) is 2.47. The van der Waals surface area contributed by atoms with Crippen LogP contribution in [0.3, 0.4) is 0 Å². The third-order valence-electron chi connectivity index (χ3n) is 3.09. The van der Waals surface area contributed by atoms with E-state index in [1.807, 2.05) is 18.2 Å². The van der Waals surface area contributed by atoms with Crippen LogP contribution in [0.5, 0.6) is 0 Å². The van der Waals surface area contributed by atoms with E-state index >= 15 is 0 Å². The molecule has 21 heavy (non-hydrogen) atoms. The zero-order valence-electron chi connectivity index (χ0n) is 11.7. The predicted octanol–water partition coefficient (Wildman–Crippen LogP) is 3.10. The van der Waals surface area contributed by atoms with Crippen LogP contribution in [-0.4, -0.2) is 17.1 Å². The lowest BCUT2D eigenvalue weighted by molar-refractivity contribution is 0.178. The number of benzene rings is 2. The highest BCUT2D eigenvalue weighted by molar-refractivity contribution is 5.86. The summed E-state index contributed by atoms with van der Waals surface area (Å²) in [5, 5.41) is 5.62. The standard InChI is InChI=1S/C16H16N4O/c1-21-10-16-19-14(17)9-15(20-16)18-13-7-6-11-4-2-3-5-12(11)8-13/h2-9H,10H2,1H3,(H3,17,18,19,20). The molecule has 5 nitrogen and oxygen atoms in total. The smallest absolute Gasteiger partial charge is 0.158 e. The molecule has 0 saturated heterocycles. The predicted molar refractivity (Wildman–Crippen MR) is 84.4 cm³/mol. The molecule has 0 fully saturated rings. The van der Waals surface area contributed by atoms with Gasteiger partial charge < -0.3 is 15.8 Å². The summed E-state index contributed by atoms with van der Waals surface area (Å²) in [6, 6.07) is 16.1. The molecule has 106 valence electrons. The minimum absolute atomic E-state index is 0.331. The fourth-order valence-electron chi connectivity index (χ4n) is 2.19. The van der Waals surface area contributed by atoms with E-state index in [1.165, 1.54) is 10.8 Å².